The summed E-state index contributed by atoms with van der Waals surface area (Å²) in [7, 11) is 0. The molecule has 0 spiro atoms. The van der Waals surface area contributed by atoms with E-state index in [-0.39, 0.29) is 19.1 Å². The first-order chi connectivity index (χ1) is 14.9. The van der Waals surface area contributed by atoms with Gasteiger partial charge in [0.25, 0.3) is 5.91 Å². The number of aromatic nitrogens is 1. The Hall–Kier alpha value is -3.19. The van der Waals surface area contributed by atoms with Crippen molar-refractivity contribution < 1.29 is 19.1 Å². The fourth-order valence-corrected chi connectivity index (χ4v) is 4.46. The Morgan fingerprint density at radius 1 is 1.19 bits per heavy atom. The monoisotopic (exact) mass is 436 g/mol. The lowest BCUT2D eigenvalue weighted by Crippen LogP contribution is -2.47. The van der Waals surface area contributed by atoms with Gasteiger partial charge in [-0.3, -0.25) is 14.5 Å². The molecule has 1 amide bonds. The van der Waals surface area contributed by atoms with E-state index in [1.807, 2.05) is 62.4 Å². The highest BCUT2D eigenvalue weighted by Gasteiger charge is 2.33. The summed E-state index contributed by atoms with van der Waals surface area (Å²) in [6, 6.07) is 15.4. The maximum Gasteiger partial charge on any atom is 0.326 e. The molecule has 1 unspecified atom stereocenters. The minimum absolute atomic E-state index is 0.160. The summed E-state index contributed by atoms with van der Waals surface area (Å²) >= 11 is 1.62. The molecule has 1 aliphatic rings. The van der Waals surface area contributed by atoms with Gasteiger partial charge >= 0.3 is 5.97 Å². The normalized spacial score (nSPS) is 15.4. The Kier molecular flexibility index (Phi) is 6.04. The van der Waals surface area contributed by atoms with E-state index in [4.69, 9.17) is 9.47 Å². The third-order valence-corrected chi connectivity index (χ3v) is 6.01. The van der Waals surface area contributed by atoms with Crippen LogP contribution in [0.25, 0.3) is 11.3 Å². The molecule has 0 saturated carbocycles. The number of rotatable bonds is 6. The van der Waals surface area contributed by atoms with Crippen molar-refractivity contribution in [3.63, 3.8) is 0 Å². The smallest absolute Gasteiger partial charge is 0.326 e. The molecule has 1 atom stereocenters. The first kappa shape index (κ1) is 21.1. The van der Waals surface area contributed by atoms with Crippen LogP contribution in [-0.2, 0) is 20.7 Å². The summed E-state index contributed by atoms with van der Waals surface area (Å²) in [5.74, 6) is -0.149. The number of aryl methyl sites for hydroxylation is 2. The van der Waals surface area contributed by atoms with Gasteiger partial charge in [-0.15, -0.1) is 11.3 Å². The minimum Gasteiger partial charge on any atom is -0.479 e. The van der Waals surface area contributed by atoms with E-state index in [1.165, 1.54) is 4.90 Å². The van der Waals surface area contributed by atoms with Crippen LogP contribution in [0.2, 0.25) is 0 Å². The summed E-state index contributed by atoms with van der Waals surface area (Å²) in [5.41, 5.74) is 3.41. The molecule has 0 radical (unpaired) electrons. The van der Waals surface area contributed by atoms with Gasteiger partial charge in [0.1, 0.15) is 12.3 Å². The maximum atomic E-state index is 12.8. The van der Waals surface area contributed by atoms with Gasteiger partial charge in [0.2, 0.25) is 0 Å². The number of thiazole rings is 1. The second kappa shape index (κ2) is 8.89. The van der Waals surface area contributed by atoms with Gasteiger partial charge in [-0.25, -0.2) is 4.98 Å². The van der Waals surface area contributed by atoms with E-state index < -0.39 is 12.1 Å². The topological polar surface area (TPSA) is 68.7 Å². The van der Waals surface area contributed by atoms with Crippen LogP contribution in [0.1, 0.15) is 22.4 Å². The van der Waals surface area contributed by atoms with E-state index in [0.29, 0.717) is 17.9 Å². The number of fused-ring (bicyclic) bond motifs is 1. The van der Waals surface area contributed by atoms with E-state index in [9.17, 15) is 9.59 Å². The molecule has 160 valence electrons. The molecule has 0 fully saturated rings. The van der Waals surface area contributed by atoms with E-state index in [0.717, 1.165) is 26.7 Å². The van der Waals surface area contributed by atoms with Gasteiger partial charge in [-0.05, 0) is 44.5 Å². The predicted molar refractivity (Wildman–Crippen MR) is 121 cm³/mol. The molecule has 31 heavy (non-hydrogen) atoms. The van der Waals surface area contributed by atoms with Crippen LogP contribution in [0.4, 0.5) is 5.69 Å². The van der Waals surface area contributed by atoms with Crippen molar-refractivity contribution in [1.29, 1.82) is 0 Å². The van der Waals surface area contributed by atoms with Gasteiger partial charge in [-0.2, -0.15) is 0 Å². The number of carbonyl (C=O) groups is 2. The van der Waals surface area contributed by atoms with E-state index in [1.54, 1.807) is 18.3 Å². The Morgan fingerprint density at radius 2 is 1.97 bits per heavy atom. The van der Waals surface area contributed by atoms with Crippen molar-refractivity contribution in [2.45, 2.75) is 33.3 Å². The fourth-order valence-electron chi connectivity index (χ4n) is 3.62. The second-order valence-corrected chi connectivity index (χ2v) is 8.87. The standard InChI is InChI=1S/C24H24N2O4S/c1-15-24(28)26(14-22(27)29-12-11-18-7-5-4-6-8-18)20-13-19(9-10-21(20)30-15)23-16(2)31-17(3)25-23/h4-10,13,15H,11-12,14H2,1-3H3. The second-order valence-electron chi connectivity index (χ2n) is 7.46. The number of hydrogen-bond donors (Lipinski definition) is 0. The van der Waals surface area contributed by atoms with Gasteiger partial charge in [-0.1, -0.05) is 30.3 Å². The Labute approximate surface area is 185 Å². The van der Waals surface area contributed by atoms with Crippen molar-refractivity contribution in [2.24, 2.45) is 0 Å². The average Bonchev–Trinajstić information content (AvgIpc) is 3.10. The first-order valence-electron chi connectivity index (χ1n) is 10.2. The molecule has 6 nitrogen and oxygen atoms in total. The van der Waals surface area contributed by atoms with Crippen LogP contribution < -0.4 is 9.64 Å². The molecule has 0 N–H and O–H groups in total. The van der Waals surface area contributed by atoms with Crippen LogP contribution in [-0.4, -0.2) is 36.1 Å². The number of esters is 1. The summed E-state index contributed by atoms with van der Waals surface area (Å²) in [6.45, 7) is 5.77. The average molecular weight is 437 g/mol. The number of carbonyl (C=O) groups excluding carboxylic acids is 2. The van der Waals surface area contributed by atoms with Crippen molar-refractivity contribution in [3.8, 4) is 17.0 Å². The summed E-state index contributed by atoms with van der Waals surface area (Å²) in [4.78, 5) is 32.5. The molecule has 1 aliphatic heterocycles. The number of nitrogens with zero attached hydrogens (tertiary/aromatic N) is 2. The Balaban J connectivity index is 1.52. The molecular weight excluding hydrogens is 412 g/mol. The number of hydrogen-bond acceptors (Lipinski definition) is 6. The quantitative estimate of drug-likeness (QED) is 0.538. The largest absolute Gasteiger partial charge is 0.479 e. The van der Waals surface area contributed by atoms with Gasteiger partial charge in [0, 0.05) is 16.9 Å². The molecule has 1 aromatic heterocycles. The molecule has 3 aromatic rings. The zero-order chi connectivity index (χ0) is 22.0. The van der Waals surface area contributed by atoms with Gasteiger partial charge in [0.15, 0.2) is 6.10 Å². The van der Waals surface area contributed by atoms with Gasteiger partial charge < -0.3 is 9.47 Å². The van der Waals surface area contributed by atoms with Crippen molar-refractivity contribution >= 4 is 28.9 Å². The predicted octanol–water partition coefficient (Wildman–Crippen LogP) is 4.33. The van der Waals surface area contributed by atoms with Crippen LogP contribution >= 0.6 is 11.3 Å². The lowest BCUT2D eigenvalue weighted by atomic mass is 10.1. The number of amides is 1. The minimum atomic E-state index is -0.668. The molecular formula is C24H24N2O4S. The van der Waals surface area contributed by atoms with Gasteiger partial charge in [0.05, 0.1) is 23.0 Å². The number of benzene rings is 2. The van der Waals surface area contributed by atoms with Crippen molar-refractivity contribution in [3.05, 3.63) is 64.0 Å². The Morgan fingerprint density at radius 3 is 2.68 bits per heavy atom. The van der Waals surface area contributed by atoms with Crippen LogP contribution in [0.5, 0.6) is 5.75 Å². The first-order valence-corrected chi connectivity index (χ1v) is 11.0. The van der Waals surface area contributed by atoms with Crippen LogP contribution in [0.15, 0.2) is 48.5 Å². The maximum absolute atomic E-state index is 12.8. The third-order valence-electron chi connectivity index (χ3n) is 5.13. The van der Waals surface area contributed by atoms with Crippen molar-refractivity contribution in [2.75, 3.05) is 18.1 Å². The Bertz CT molecular complexity index is 1110. The van der Waals surface area contributed by atoms with Crippen molar-refractivity contribution in [1.82, 2.24) is 4.98 Å². The molecule has 0 bridgehead atoms. The molecule has 0 saturated heterocycles. The zero-order valence-corrected chi connectivity index (χ0v) is 18.6. The van der Waals surface area contributed by atoms with Crippen LogP contribution in [0.3, 0.4) is 0 Å². The molecule has 2 heterocycles. The van der Waals surface area contributed by atoms with Crippen LogP contribution in [0, 0.1) is 13.8 Å². The highest BCUT2D eigenvalue weighted by Crippen LogP contribution is 2.38. The summed E-state index contributed by atoms with van der Waals surface area (Å²) in [5, 5.41) is 0.977. The SMILES string of the molecule is Cc1nc(-c2ccc3c(c2)N(CC(=O)OCCc2ccccc2)C(=O)C(C)O3)c(C)s1. The third kappa shape index (κ3) is 4.61. The number of ether oxygens (including phenoxy) is 2. The van der Waals surface area contributed by atoms with E-state index >= 15 is 0 Å². The number of anilines is 1. The highest BCUT2D eigenvalue weighted by molar-refractivity contribution is 7.11. The highest BCUT2D eigenvalue weighted by atomic mass is 32.1. The molecule has 7 heteroatoms. The zero-order valence-electron chi connectivity index (χ0n) is 17.8. The molecule has 2 aromatic carbocycles. The fraction of sp³-hybridized carbons (Fsp3) is 0.292. The summed E-state index contributed by atoms with van der Waals surface area (Å²) in [6.07, 6.45) is -0.0396. The lowest BCUT2D eigenvalue weighted by molar-refractivity contribution is -0.143. The molecule has 0 aliphatic carbocycles. The summed E-state index contributed by atoms with van der Waals surface area (Å²) < 4.78 is 11.2. The lowest BCUT2D eigenvalue weighted by Gasteiger charge is -2.32. The molecule has 4 rings (SSSR count). The van der Waals surface area contributed by atoms with E-state index in [2.05, 4.69) is 4.98 Å².